The highest BCUT2D eigenvalue weighted by atomic mass is 32.2. The van der Waals surface area contributed by atoms with Gasteiger partial charge < -0.3 is 4.74 Å². The summed E-state index contributed by atoms with van der Waals surface area (Å²) < 4.78 is 4.82. The van der Waals surface area contributed by atoms with Gasteiger partial charge in [-0.25, -0.2) is 0 Å². The molecule has 0 fully saturated rings. The van der Waals surface area contributed by atoms with Crippen LogP contribution in [-0.4, -0.2) is 13.1 Å². The summed E-state index contributed by atoms with van der Waals surface area (Å²) in [7, 11) is 1.43. The van der Waals surface area contributed by atoms with Crippen molar-refractivity contribution in [2.45, 2.75) is 22.6 Å². The highest BCUT2D eigenvalue weighted by Crippen LogP contribution is 2.38. The van der Waals surface area contributed by atoms with Crippen LogP contribution in [0.2, 0.25) is 0 Å². The van der Waals surface area contributed by atoms with E-state index >= 15 is 0 Å². The van der Waals surface area contributed by atoms with Gasteiger partial charge in [0.1, 0.15) is 0 Å². The minimum absolute atomic E-state index is 0.205. The monoisotopic (exact) mass is 296 g/mol. The molecule has 0 spiro atoms. The first-order valence-corrected chi connectivity index (χ1v) is 7.67. The number of methoxy groups -OCH3 is 1. The largest absolute Gasteiger partial charge is 0.469 e. The molecule has 1 aliphatic rings. The number of carbonyl (C=O) groups is 1. The van der Waals surface area contributed by atoms with Gasteiger partial charge in [-0.2, -0.15) is 0 Å². The molecule has 0 N–H and O–H groups in total. The zero-order valence-corrected chi connectivity index (χ0v) is 12.8. The van der Waals surface area contributed by atoms with Gasteiger partial charge in [0.15, 0.2) is 0 Å². The van der Waals surface area contributed by atoms with Crippen LogP contribution >= 0.6 is 11.8 Å². The topological polar surface area (TPSA) is 26.3 Å². The summed E-state index contributed by atoms with van der Waals surface area (Å²) in [5.74, 6) is -0.451. The van der Waals surface area contributed by atoms with Crippen LogP contribution in [0.3, 0.4) is 0 Å². The number of esters is 1. The molecule has 0 aromatic heterocycles. The van der Waals surface area contributed by atoms with Crippen molar-refractivity contribution in [3.8, 4) is 0 Å². The lowest BCUT2D eigenvalue weighted by atomic mass is 9.99. The smallest absolute Gasteiger partial charge is 0.312 e. The first-order chi connectivity index (χ1) is 10.2. The Morgan fingerprint density at radius 1 is 1.05 bits per heavy atom. The number of fused-ring (bicyclic) bond motifs is 2. The van der Waals surface area contributed by atoms with Crippen molar-refractivity contribution >= 4 is 29.9 Å². The number of hydrogen-bond donors (Lipinski definition) is 0. The SMILES string of the molecule is COC(=O)C(C)c1ccc2c(c1)C=Cc1ccccc1S2. The molecule has 2 nitrogen and oxygen atoms in total. The molecule has 1 heterocycles. The zero-order chi connectivity index (χ0) is 14.8. The van der Waals surface area contributed by atoms with E-state index in [4.69, 9.17) is 4.74 Å². The summed E-state index contributed by atoms with van der Waals surface area (Å²) in [6, 6.07) is 14.5. The Bertz CT molecular complexity index is 719. The van der Waals surface area contributed by atoms with Crippen LogP contribution in [0.5, 0.6) is 0 Å². The van der Waals surface area contributed by atoms with Crippen LogP contribution in [0, 0.1) is 0 Å². The molecular weight excluding hydrogens is 280 g/mol. The Labute approximate surface area is 128 Å². The van der Waals surface area contributed by atoms with Crippen LogP contribution < -0.4 is 0 Å². The molecule has 2 aromatic rings. The van der Waals surface area contributed by atoms with Gasteiger partial charge in [-0.15, -0.1) is 0 Å². The van der Waals surface area contributed by atoms with Crippen molar-refractivity contribution in [3.05, 3.63) is 59.2 Å². The molecular formula is C18H16O2S. The number of hydrogen-bond acceptors (Lipinski definition) is 3. The van der Waals surface area contributed by atoms with Crippen LogP contribution in [0.4, 0.5) is 0 Å². The average Bonchev–Trinajstić information content (AvgIpc) is 2.71. The van der Waals surface area contributed by atoms with E-state index in [0.29, 0.717) is 0 Å². The molecule has 3 heteroatoms. The first kappa shape index (κ1) is 14.0. The molecule has 0 saturated carbocycles. The molecule has 0 radical (unpaired) electrons. The van der Waals surface area contributed by atoms with Crippen molar-refractivity contribution in [2.75, 3.05) is 7.11 Å². The minimum Gasteiger partial charge on any atom is -0.469 e. The molecule has 21 heavy (non-hydrogen) atoms. The number of rotatable bonds is 2. The fourth-order valence-corrected chi connectivity index (χ4v) is 3.40. The predicted octanol–water partition coefficient (Wildman–Crippen LogP) is 4.60. The molecule has 1 aliphatic heterocycles. The Balaban J connectivity index is 1.99. The van der Waals surface area contributed by atoms with Gasteiger partial charge in [-0.3, -0.25) is 4.79 Å². The Kier molecular flexibility index (Phi) is 3.84. The van der Waals surface area contributed by atoms with E-state index in [0.717, 1.165) is 11.1 Å². The van der Waals surface area contributed by atoms with Gasteiger partial charge in [0.05, 0.1) is 13.0 Å². The fraction of sp³-hybridized carbons (Fsp3) is 0.167. The van der Waals surface area contributed by atoms with Crippen LogP contribution in [-0.2, 0) is 9.53 Å². The van der Waals surface area contributed by atoms with Crippen molar-refractivity contribution in [3.63, 3.8) is 0 Å². The highest BCUT2D eigenvalue weighted by Gasteiger charge is 2.17. The normalized spacial score (nSPS) is 13.8. The summed E-state index contributed by atoms with van der Waals surface area (Å²) in [6.45, 7) is 1.87. The van der Waals surface area contributed by atoms with Crippen LogP contribution in [0.1, 0.15) is 29.5 Å². The molecule has 1 atom stereocenters. The second-order valence-electron chi connectivity index (χ2n) is 5.02. The molecule has 0 saturated heterocycles. The number of ether oxygens (including phenoxy) is 1. The van der Waals surface area contributed by atoms with E-state index < -0.39 is 0 Å². The van der Waals surface area contributed by atoms with Crippen molar-refractivity contribution in [1.29, 1.82) is 0 Å². The highest BCUT2D eigenvalue weighted by molar-refractivity contribution is 7.99. The lowest BCUT2D eigenvalue weighted by Gasteiger charge is -2.12. The predicted molar refractivity (Wildman–Crippen MR) is 86.4 cm³/mol. The van der Waals surface area contributed by atoms with Crippen molar-refractivity contribution in [1.82, 2.24) is 0 Å². The standard InChI is InChI=1S/C18H16O2S/c1-12(18(19)20-2)14-9-10-17-15(11-14)8-7-13-5-3-4-6-16(13)21-17/h3-12H,1-2H3. The van der Waals surface area contributed by atoms with Gasteiger partial charge in [0, 0.05) is 9.79 Å². The number of benzene rings is 2. The lowest BCUT2D eigenvalue weighted by molar-refractivity contribution is -0.141. The number of carbonyl (C=O) groups excluding carboxylic acids is 1. The zero-order valence-electron chi connectivity index (χ0n) is 12.0. The van der Waals surface area contributed by atoms with Gasteiger partial charge in [0.2, 0.25) is 0 Å². The molecule has 0 bridgehead atoms. The maximum atomic E-state index is 11.7. The molecule has 0 aliphatic carbocycles. The van der Waals surface area contributed by atoms with E-state index in [1.807, 2.05) is 19.1 Å². The van der Waals surface area contributed by atoms with E-state index in [1.54, 1.807) is 11.8 Å². The van der Waals surface area contributed by atoms with E-state index in [1.165, 1.54) is 22.5 Å². The molecule has 3 rings (SSSR count). The Morgan fingerprint density at radius 3 is 2.57 bits per heavy atom. The molecule has 106 valence electrons. The summed E-state index contributed by atoms with van der Waals surface area (Å²) in [5.41, 5.74) is 3.35. The maximum absolute atomic E-state index is 11.7. The molecule has 1 unspecified atom stereocenters. The third-order valence-corrected chi connectivity index (χ3v) is 4.85. The Morgan fingerprint density at radius 2 is 1.76 bits per heavy atom. The summed E-state index contributed by atoms with van der Waals surface area (Å²) in [4.78, 5) is 14.1. The quantitative estimate of drug-likeness (QED) is 0.647. The van der Waals surface area contributed by atoms with Gasteiger partial charge in [-0.05, 0) is 41.8 Å². The second kappa shape index (κ2) is 5.78. The maximum Gasteiger partial charge on any atom is 0.312 e. The minimum atomic E-state index is -0.246. The summed E-state index contributed by atoms with van der Waals surface area (Å²) in [6.07, 6.45) is 4.24. The average molecular weight is 296 g/mol. The van der Waals surface area contributed by atoms with Crippen LogP contribution in [0.15, 0.2) is 52.3 Å². The lowest BCUT2D eigenvalue weighted by Crippen LogP contribution is -2.10. The van der Waals surface area contributed by atoms with E-state index in [-0.39, 0.29) is 11.9 Å². The Hall–Kier alpha value is -2.00. The van der Waals surface area contributed by atoms with Crippen molar-refractivity contribution in [2.24, 2.45) is 0 Å². The van der Waals surface area contributed by atoms with E-state index in [9.17, 15) is 4.79 Å². The van der Waals surface area contributed by atoms with Crippen molar-refractivity contribution < 1.29 is 9.53 Å². The third-order valence-electron chi connectivity index (χ3n) is 3.67. The van der Waals surface area contributed by atoms with Crippen LogP contribution in [0.25, 0.3) is 12.2 Å². The molecule has 2 aromatic carbocycles. The summed E-state index contributed by atoms with van der Waals surface area (Å²) >= 11 is 1.76. The fourth-order valence-electron chi connectivity index (χ4n) is 2.38. The second-order valence-corrected chi connectivity index (χ2v) is 6.10. The van der Waals surface area contributed by atoms with E-state index in [2.05, 4.69) is 42.5 Å². The third kappa shape index (κ3) is 2.74. The van der Waals surface area contributed by atoms with Gasteiger partial charge in [0.25, 0.3) is 0 Å². The summed E-state index contributed by atoms with van der Waals surface area (Å²) in [5, 5.41) is 0. The van der Waals surface area contributed by atoms with Gasteiger partial charge in [-0.1, -0.05) is 48.2 Å². The molecule has 0 amide bonds. The van der Waals surface area contributed by atoms with Gasteiger partial charge >= 0.3 is 5.97 Å². The first-order valence-electron chi connectivity index (χ1n) is 6.86.